The molecule has 0 spiro atoms. The Morgan fingerprint density at radius 3 is 2.24 bits per heavy atom. The Kier molecular flexibility index (Phi) is 6.50. The van der Waals surface area contributed by atoms with E-state index in [2.05, 4.69) is 26.3 Å². The van der Waals surface area contributed by atoms with Gasteiger partial charge in [0, 0.05) is 12.5 Å². The first-order valence-electron chi connectivity index (χ1n) is 7.97. The zero-order valence-electron chi connectivity index (χ0n) is 15.8. The van der Waals surface area contributed by atoms with Gasteiger partial charge in [-0.1, -0.05) is 0 Å². The molecular formula is C16H27BrN4O4. The van der Waals surface area contributed by atoms with Crippen LogP contribution in [0.15, 0.2) is 4.60 Å². The molecule has 0 aromatic carbocycles. The lowest BCUT2D eigenvalue weighted by atomic mass is 10.0. The smallest absolute Gasteiger partial charge is 0.412 e. The third kappa shape index (κ3) is 6.56. The van der Waals surface area contributed by atoms with Crippen molar-refractivity contribution in [1.82, 2.24) is 9.78 Å². The molecule has 2 amide bonds. The number of anilines is 1. The molecule has 0 aliphatic carbocycles. The largest absolute Gasteiger partial charge is 0.444 e. The number of hydrogen-bond acceptors (Lipinski definition) is 5. The Morgan fingerprint density at radius 1 is 1.24 bits per heavy atom. The van der Waals surface area contributed by atoms with Gasteiger partial charge in [-0.3, -0.25) is 10.00 Å². The number of primary amides is 1. The molecular weight excluding hydrogens is 392 g/mol. The number of amides is 2. The SMILES string of the molecule is CC(C)n1nc(Br)c(NC(=O)OC(C)(C)C)c1CC(C)(C)OC(N)=O. The van der Waals surface area contributed by atoms with Crippen molar-refractivity contribution >= 4 is 33.8 Å². The van der Waals surface area contributed by atoms with Crippen molar-refractivity contribution in [2.75, 3.05) is 5.32 Å². The second-order valence-corrected chi connectivity index (χ2v) is 8.39. The molecule has 0 fully saturated rings. The Morgan fingerprint density at radius 2 is 1.80 bits per heavy atom. The first-order chi connectivity index (χ1) is 11.2. The molecule has 142 valence electrons. The van der Waals surface area contributed by atoms with Gasteiger partial charge in [0.15, 0.2) is 4.60 Å². The number of nitrogens with one attached hydrogen (secondary N) is 1. The summed E-state index contributed by atoms with van der Waals surface area (Å²) in [5, 5.41) is 7.14. The lowest BCUT2D eigenvalue weighted by Gasteiger charge is -2.26. The second-order valence-electron chi connectivity index (χ2n) is 7.64. The average Bonchev–Trinajstić information content (AvgIpc) is 2.63. The van der Waals surface area contributed by atoms with E-state index < -0.39 is 23.4 Å². The van der Waals surface area contributed by atoms with E-state index in [9.17, 15) is 9.59 Å². The van der Waals surface area contributed by atoms with Crippen molar-refractivity contribution in [3.05, 3.63) is 10.3 Å². The summed E-state index contributed by atoms with van der Waals surface area (Å²) in [5.41, 5.74) is 4.81. The molecule has 0 saturated heterocycles. The number of aromatic nitrogens is 2. The van der Waals surface area contributed by atoms with E-state index in [0.29, 0.717) is 22.4 Å². The molecule has 9 heteroatoms. The number of ether oxygens (including phenoxy) is 2. The van der Waals surface area contributed by atoms with Crippen LogP contribution in [-0.2, 0) is 15.9 Å². The van der Waals surface area contributed by atoms with E-state index >= 15 is 0 Å². The van der Waals surface area contributed by atoms with E-state index in [1.54, 1.807) is 39.3 Å². The molecule has 0 atom stereocenters. The Balaban J connectivity index is 3.20. The highest BCUT2D eigenvalue weighted by Gasteiger charge is 2.30. The van der Waals surface area contributed by atoms with Gasteiger partial charge in [-0.2, -0.15) is 5.10 Å². The lowest BCUT2D eigenvalue weighted by Crippen LogP contribution is -2.34. The van der Waals surface area contributed by atoms with E-state index in [1.807, 2.05) is 13.8 Å². The summed E-state index contributed by atoms with van der Waals surface area (Å²) in [7, 11) is 0. The third-order valence-corrected chi connectivity index (χ3v) is 3.61. The van der Waals surface area contributed by atoms with Crippen LogP contribution in [0.5, 0.6) is 0 Å². The molecule has 0 saturated carbocycles. The predicted octanol–water partition coefficient (Wildman–Crippen LogP) is 3.99. The Bertz CT molecular complexity index is 647. The molecule has 25 heavy (non-hydrogen) atoms. The molecule has 1 rings (SSSR count). The molecule has 0 unspecified atom stereocenters. The van der Waals surface area contributed by atoms with Gasteiger partial charge in [-0.05, 0) is 64.4 Å². The first-order valence-corrected chi connectivity index (χ1v) is 8.76. The molecule has 0 radical (unpaired) electrons. The van der Waals surface area contributed by atoms with Gasteiger partial charge < -0.3 is 15.2 Å². The van der Waals surface area contributed by atoms with Crippen LogP contribution in [0.25, 0.3) is 0 Å². The summed E-state index contributed by atoms with van der Waals surface area (Å²) in [6.07, 6.45) is -1.15. The fourth-order valence-corrected chi connectivity index (χ4v) is 2.77. The first kappa shape index (κ1) is 21.3. The zero-order chi connectivity index (χ0) is 19.6. The van der Waals surface area contributed by atoms with Gasteiger partial charge in [0.05, 0.1) is 5.69 Å². The van der Waals surface area contributed by atoms with Crippen LogP contribution in [0.1, 0.15) is 60.2 Å². The number of carbonyl (C=O) groups excluding carboxylic acids is 2. The minimum Gasteiger partial charge on any atom is -0.444 e. The van der Waals surface area contributed by atoms with Crippen LogP contribution in [0.2, 0.25) is 0 Å². The predicted molar refractivity (Wildman–Crippen MR) is 98.6 cm³/mol. The minimum absolute atomic E-state index is 0.0323. The van der Waals surface area contributed by atoms with Crippen LogP contribution in [-0.4, -0.2) is 33.2 Å². The van der Waals surface area contributed by atoms with Gasteiger partial charge >= 0.3 is 12.2 Å². The molecule has 1 aromatic rings. The molecule has 1 heterocycles. The van der Waals surface area contributed by atoms with Crippen molar-refractivity contribution < 1.29 is 19.1 Å². The van der Waals surface area contributed by atoms with Crippen LogP contribution < -0.4 is 11.1 Å². The number of carbonyl (C=O) groups is 2. The third-order valence-electron chi connectivity index (χ3n) is 3.05. The maximum absolute atomic E-state index is 12.2. The maximum atomic E-state index is 12.2. The van der Waals surface area contributed by atoms with Crippen molar-refractivity contribution in [3.8, 4) is 0 Å². The summed E-state index contributed by atoms with van der Waals surface area (Å²) in [6, 6.07) is 0.0323. The normalized spacial score (nSPS) is 12.2. The maximum Gasteiger partial charge on any atom is 0.412 e. The molecule has 1 aromatic heterocycles. The van der Waals surface area contributed by atoms with Crippen LogP contribution >= 0.6 is 15.9 Å². The lowest BCUT2D eigenvalue weighted by molar-refractivity contribution is 0.0441. The highest BCUT2D eigenvalue weighted by Crippen LogP contribution is 2.32. The van der Waals surface area contributed by atoms with Crippen LogP contribution in [0.4, 0.5) is 15.3 Å². The van der Waals surface area contributed by atoms with Gasteiger partial charge in [0.25, 0.3) is 0 Å². The zero-order valence-corrected chi connectivity index (χ0v) is 17.4. The summed E-state index contributed by atoms with van der Waals surface area (Å²) in [6.45, 7) is 12.7. The summed E-state index contributed by atoms with van der Waals surface area (Å²) in [4.78, 5) is 23.3. The number of nitrogens with zero attached hydrogens (tertiary/aromatic N) is 2. The van der Waals surface area contributed by atoms with Gasteiger partial charge in [-0.25, -0.2) is 9.59 Å². The van der Waals surface area contributed by atoms with E-state index in [-0.39, 0.29) is 6.04 Å². The van der Waals surface area contributed by atoms with Gasteiger partial charge in [-0.15, -0.1) is 0 Å². The quantitative estimate of drug-likeness (QED) is 0.750. The van der Waals surface area contributed by atoms with Crippen LogP contribution in [0.3, 0.4) is 0 Å². The summed E-state index contributed by atoms with van der Waals surface area (Å²) >= 11 is 3.37. The van der Waals surface area contributed by atoms with E-state index in [0.717, 1.165) is 0 Å². The topological polar surface area (TPSA) is 108 Å². The molecule has 0 aliphatic rings. The fourth-order valence-electron chi connectivity index (χ4n) is 2.28. The van der Waals surface area contributed by atoms with Gasteiger partial charge in [0.2, 0.25) is 0 Å². The number of rotatable bonds is 5. The van der Waals surface area contributed by atoms with Crippen molar-refractivity contribution in [2.45, 2.75) is 72.1 Å². The van der Waals surface area contributed by atoms with Gasteiger partial charge in [0.1, 0.15) is 16.9 Å². The fraction of sp³-hybridized carbons (Fsp3) is 0.688. The Hall–Kier alpha value is -1.77. The number of hydrogen-bond donors (Lipinski definition) is 2. The Labute approximate surface area is 156 Å². The molecule has 0 aliphatic heterocycles. The second kappa shape index (κ2) is 7.63. The van der Waals surface area contributed by atoms with Crippen molar-refractivity contribution in [2.24, 2.45) is 5.73 Å². The summed E-state index contributed by atoms with van der Waals surface area (Å²) in [5.74, 6) is 0. The highest BCUT2D eigenvalue weighted by atomic mass is 79.9. The minimum atomic E-state index is -0.873. The summed E-state index contributed by atoms with van der Waals surface area (Å²) < 4.78 is 12.7. The number of nitrogens with two attached hydrogens (primary N) is 1. The van der Waals surface area contributed by atoms with E-state index in [4.69, 9.17) is 15.2 Å². The monoisotopic (exact) mass is 418 g/mol. The van der Waals surface area contributed by atoms with Crippen molar-refractivity contribution in [1.29, 1.82) is 0 Å². The standard InChI is InChI=1S/C16H27BrN4O4/c1-9(2)21-10(8-16(6,7)24-13(18)22)11(12(17)20-21)19-14(23)25-15(3,4)5/h9H,8H2,1-7H3,(H2,18,22)(H,19,23). The highest BCUT2D eigenvalue weighted by molar-refractivity contribution is 9.10. The van der Waals surface area contributed by atoms with Crippen LogP contribution in [0, 0.1) is 0 Å². The molecule has 8 nitrogen and oxygen atoms in total. The van der Waals surface area contributed by atoms with E-state index in [1.165, 1.54) is 0 Å². The molecule has 3 N–H and O–H groups in total. The number of halogens is 1. The van der Waals surface area contributed by atoms with Crippen molar-refractivity contribution in [3.63, 3.8) is 0 Å². The average molecular weight is 419 g/mol. The molecule has 0 bridgehead atoms.